The van der Waals surface area contributed by atoms with Crippen molar-refractivity contribution in [2.75, 3.05) is 83.2 Å². The molecule has 12 nitrogen and oxygen atoms in total. The van der Waals surface area contributed by atoms with E-state index in [1.807, 2.05) is 55.1 Å². The van der Waals surface area contributed by atoms with Crippen molar-refractivity contribution in [1.82, 2.24) is 19.8 Å². The predicted octanol–water partition coefficient (Wildman–Crippen LogP) is 6.03. The van der Waals surface area contributed by atoms with Crippen molar-refractivity contribution >= 4 is 70.9 Å². The number of H-pyrrole nitrogens is 1. The predicted molar refractivity (Wildman–Crippen MR) is 208 cm³/mol. The first-order valence-corrected chi connectivity index (χ1v) is 16.7. The lowest BCUT2D eigenvalue weighted by Gasteiger charge is -2.32. The SMILES string of the molecule is COc1cc(C(=O)N(C)c2ccc(C)cc2OCCCCCC(=O)N2CCN(C)CC2)ccc1NC(=O)c1cccc2[nH]c(N(C)C)nc12.Cl.Cl. The Balaban J connectivity index is 0.00000351. The number of ether oxygens (including phenoxy) is 2. The monoisotopic (exact) mass is 741 g/mol. The van der Waals surface area contributed by atoms with Gasteiger partial charge in [0.1, 0.15) is 17.0 Å². The first-order chi connectivity index (χ1) is 23.5. The molecule has 14 heteroatoms. The lowest BCUT2D eigenvalue weighted by Crippen LogP contribution is -2.47. The molecule has 0 atom stereocenters. The third kappa shape index (κ3) is 10.1. The Morgan fingerprint density at radius 3 is 2.37 bits per heavy atom. The molecule has 1 aliphatic rings. The van der Waals surface area contributed by atoms with Crippen LogP contribution in [0.5, 0.6) is 11.5 Å². The Morgan fingerprint density at radius 2 is 1.67 bits per heavy atom. The Hall–Kier alpha value is -4.52. The Labute approximate surface area is 312 Å². The molecule has 1 aliphatic heterocycles. The summed E-state index contributed by atoms with van der Waals surface area (Å²) in [5.41, 5.74) is 4.19. The van der Waals surface area contributed by atoms with Gasteiger partial charge in [-0.05, 0) is 81.3 Å². The first-order valence-electron chi connectivity index (χ1n) is 16.7. The summed E-state index contributed by atoms with van der Waals surface area (Å²) in [6, 6.07) is 16.1. The molecule has 0 saturated carbocycles. The number of aryl methyl sites for hydroxylation is 1. The number of nitrogens with zero attached hydrogens (tertiary/aromatic N) is 5. The molecular formula is C37H49Cl2N7O5. The number of para-hydroxylation sites is 1. The molecule has 3 aromatic carbocycles. The molecule has 1 fully saturated rings. The van der Waals surface area contributed by atoms with E-state index in [1.165, 1.54) is 7.11 Å². The standard InChI is InChI=1S/C37H47N7O5.2ClH/c1-25-14-17-30(32(23-25)49-22-9-7-8-13-33(45)44-20-18-42(4)19-21-44)43(5)36(47)26-15-16-28(31(24-26)48-6)38-35(46)27-11-10-12-29-34(27)40-37(39-29)41(2)3;;/h10-12,14-17,23-24H,7-9,13,18-22H2,1-6H3,(H,38,46)(H,39,40);2*1H. The summed E-state index contributed by atoms with van der Waals surface area (Å²) in [4.78, 5) is 55.0. The summed E-state index contributed by atoms with van der Waals surface area (Å²) in [6.45, 7) is 5.91. The van der Waals surface area contributed by atoms with Crippen molar-refractivity contribution in [3.05, 3.63) is 71.3 Å². The fourth-order valence-corrected chi connectivity index (χ4v) is 5.80. The van der Waals surface area contributed by atoms with Gasteiger partial charge in [-0.1, -0.05) is 12.1 Å². The number of methoxy groups -OCH3 is 1. The van der Waals surface area contributed by atoms with Crippen molar-refractivity contribution < 1.29 is 23.9 Å². The summed E-state index contributed by atoms with van der Waals surface area (Å²) in [5.74, 6) is 1.23. The Morgan fingerprint density at radius 1 is 0.922 bits per heavy atom. The third-order valence-electron chi connectivity index (χ3n) is 8.79. The zero-order valence-electron chi connectivity index (χ0n) is 30.2. The van der Waals surface area contributed by atoms with Gasteiger partial charge in [-0.15, -0.1) is 24.8 Å². The maximum Gasteiger partial charge on any atom is 0.258 e. The van der Waals surface area contributed by atoms with Gasteiger partial charge in [0.2, 0.25) is 11.9 Å². The van der Waals surface area contributed by atoms with E-state index in [1.54, 1.807) is 42.3 Å². The molecule has 5 rings (SSSR count). The van der Waals surface area contributed by atoms with Gasteiger partial charge in [-0.3, -0.25) is 14.4 Å². The van der Waals surface area contributed by atoms with Gasteiger partial charge in [0.15, 0.2) is 0 Å². The van der Waals surface area contributed by atoms with Gasteiger partial charge in [-0.2, -0.15) is 0 Å². The fourth-order valence-electron chi connectivity index (χ4n) is 5.80. The second-order valence-electron chi connectivity index (χ2n) is 12.7. The number of hydrogen-bond acceptors (Lipinski definition) is 8. The van der Waals surface area contributed by atoms with Crippen molar-refractivity contribution in [1.29, 1.82) is 0 Å². The van der Waals surface area contributed by atoms with E-state index in [-0.39, 0.29) is 42.5 Å². The molecular weight excluding hydrogens is 693 g/mol. The number of likely N-dealkylation sites (N-methyl/N-ethyl adjacent to an activating group) is 1. The lowest BCUT2D eigenvalue weighted by molar-refractivity contribution is -0.132. The first kappa shape index (κ1) is 40.9. The second kappa shape index (κ2) is 18.6. The number of carbonyl (C=O) groups excluding carboxylic acids is 3. The van der Waals surface area contributed by atoms with Gasteiger partial charge in [0.05, 0.1) is 36.2 Å². The maximum atomic E-state index is 13.7. The average molecular weight is 743 g/mol. The molecule has 0 aliphatic carbocycles. The summed E-state index contributed by atoms with van der Waals surface area (Å²) < 4.78 is 11.8. The number of anilines is 3. The summed E-state index contributed by atoms with van der Waals surface area (Å²) in [6.07, 6.45) is 3.06. The molecule has 1 saturated heterocycles. The summed E-state index contributed by atoms with van der Waals surface area (Å²) >= 11 is 0. The minimum absolute atomic E-state index is 0. The Kier molecular flexibility index (Phi) is 15.0. The molecule has 0 unspecified atom stereocenters. The van der Waals surface area contributed by atoms with Gasteiger partial charge < -0.3 is 39.4 Å². The number of aromatic nitrogens is 2. The van der Waals surface area contributed by atoms with Gasteiger partial charge in [0, 0.05) is 59.3 Å². The third-order valence-corrected chi connectivity index (χ3v) is 8.79. The van der Waals surface area contributed by atoms with Crippen molar-refractivity contribution in [3.8, 4) is 11.5 Å². The molecule has 2 N–H and O–H groups in total. The number of aromatic amines is 1. The molecule has 0 radical (unpaired) electrons. The minimum atomic E-state index is -0.347. The number of amides is 3. The second-order valence-corrected chi connectivity index (χ2v) is 12.7. The van der Waals surface area contributed by atoms with Crippen LogP contribution < -0.4 is 24.6 Å². The van der Waals surface area contributed by atoms with Crippen LogP contribution in [0.3, 0.4) is 0 Å². The quantitative estimate of drug-likeness (QED) is 0.159. The highest BCUT2D eigenvalue weighted by Crippen LogP contribution is 2.32. The van der Waals surface area contributed by atoms with E-state index in [0.717, 1.165) is 56.5 Å². The maximum absolute atomic E-state index is 13.7. The highest BCUT2D eigenvalue weighted by Gasteiger charge is 2.22. The number of carbonyl (C=O) groups is 3. The number of halogens is 2. The lowest BCUT2D eigenvalue weighted by atomic mass is 10.1. The number of fused-ring (bicyclic) bond motifs is 1. The van der Waals surface area contributed by atoms with E-state index < -0.39 is 0 Å². The molecule has 4 aromatic rings. The van der Waals surface area contributed by atoms with E-state index in [4.69, 9.17) is 9.47 Å². The number of rotatable bonds is 13. The van der Waals surface area contributed by atoms with Crippen LogP contribution in [0.4, 0.5) is 17.3 Å². The number of nitrogens with one attached hydrogen (secondary N) is 2. The minimum Gasteiger partial charge on any atom is -0.495 e. The molecule has 276 valence electrons. The van der Waals surface area contributed by atoms with Crippen LogP contribution in [0, 0.1) is 6.92 Å². The summed E-state index contributed by atoms with van der Waals surface area (Å²) in [5, 5.41) is 2.91. The van der Waals surface area contributed by atoms with Crippen LogP contribution in [0.2, 0.25) is 0 Å². The van der Waals surface area contributed by atoms with E-state index in [9.17, 15) is 14.4 Å². The molecule has 51 heavy (non-hydrogen) atoms. The molecule has 0 bridgehead atoms. The van der Waals surface area contributed by atoms with Gasteiger partial charge in [-0.25, -0.2) is 4.98 Å². The molecule has 1 aromatic heterocycles. The van der Waals surface area contributed by atoms with Crippen molar-refractivity contribution in [3.63, 3.8) is 0 Å². The normalized spacial score (nSPS) is 12.8. The van der Waals surface area contributed by atoms with Crippen LogP contribution in [0.1, 0.15) is 52.0 Å². The number of hydrogen-bond donors (Lipinski definition) is 2. The van der Waals surface area contributed by atoms with E-state index in [0.29, 0.717) is 58.5 Å². The number of imidazole rings is 1. The van der Waals surface area contributed by atoms with Crippen LogP contribution in [-0.4, -0.2) is 106 Å². The smallest absolute Gasteiger partial charge is 0.258 e. The molecule has 0 spiro atoms. The average Bonchev–Trinajstić information content (AvgIpc) is 3.55. The molecule has 3 amide bonds. The van der Waals surface area contributed by atoms with Crippen LogP contribution >= 0.6 is 24.8 Å². The largest absolute Gasteiger partial charge is 0.495 e. The fraction of sp³-hybridized carbons (Fsp3) is 0.405. The van der Waals surface area contributed by atoms with Crippen molar-refractivity contribution in [2.24, 2.45) is 0 Å². The van der Waals surface area contributed by atoms with Crippen LogP contribution in [-0.2, 0) is 4.79 Å². The Bertz CT molecular complexity index is 1810. The van der Waals surface area contributed by atoms with Gasteiger partial charge in [0.25, 0.3) is 11.8 Å². The summed E-state index contributed by atoms with van der Waals surface area (Å²) in [7, 11) is 9.03. The zero-order valence-corrected chi connectivity index (χ0v) is 31.8. The highest BCUT2D eigenvalue weighted by molar-refractivity contribution is 6.13. The van der Waals surface area contributed by atoms with E-state index in [2.05, 4.69) is 27.2 Å². The van der Waals surface area contributed by atoms with Crippen LogP contribution in [0.25, 0.3) is 11.0 Å². The number of unbranched alkanes of at least 4 members (excludes halogenated alkanes) is 2. The number of benzene rings is 3. The van der Waals surface area contributed by atoms with E-state index >= 15 is 0 Å². The highest BCUT2D eigenvalue weighted by atomic mass is 35.5. The molecule has 2 heterocycles. The topological polar surface area (TPSA) is 123 Å². The number of piperazine rings is 1. The van der Waals surface area contributed by atoms with Gasteiger partial charge >= 0.3 is 0 Å². The van der Waals surface area contributed by atoms with Crippen molar-refractivity contribution in [2.45, 2.75) is 32.6 Å². The zero-order chi connectivity index (χ0) is 35.1. The van der Waals surface area contributed by atoms with Crippen LogP contribution in [0.15, 0.2) is 54.6 Å².